The van der Waals surface area contributed by atoms with Crippen molar-refractivity contribution >= 4 is 27.5 Å². The largest absolute Gasteiger partial charge is 0.352 e. The second kappa shape index (κ2) is 13.8. The van der Waals surface area contributed by atoms with Gasteiger partial charge >= 0.3 is 0 Å². The molecule has 3 aromatic carbocycles. The normalized spacial score (nSPS) is 14.7. The Kier molecular flexibility index (Phi) is 10.2. The number of hydrogen-bond donors (Lipinski definition) is 1. The van der Waals surface area contributed by atoms with Crippen molar-refractivity contribution in [1.29, 1.82) is 0 Å². The molecule has 3 aromatic rings. The average molecular weight is 576 g/mol. The Balaban J connectivity index is 1.66. The lowest BCUT2D eigenvalue weighted by molar-refractivity contribution is -0.139. The van der Waals surface area contributed by atoms with Crippen LogP contribution in [0, 0.1) is 13.8 Å². The zero-order valence-corrected chi connectivity index (χ0v) is 25.1. The van der Waals surface area contributed by atoms with Gasteiger partial charge in [-0.2, -0.15) is 0 Å². The third-order valence-corrected chi connectivity index (χ3v) is 9.83. The van der Waals surface area contributed by atoms with Crippen LogP contribution in [0.25, 0.3) is 0 Å². The molecule has 0 saturated heterocycles. The van der Waals surface area contributed by atoms with Gasteiger partial charge in [-0.3, -0.25) is 13.9 Å². The van der Waals surface area contributed by atoms with E-state index in [2.05, 4.69) is 5.32 Å². The molecule has 0 bridgehead atoms. The third-order valence-electron chi connectivity index (χ3n) is 8.06. The molecule has 41 heavy (non-hydrogen) atoms. The number of nitrogens with zero attached hydrogens (tertiary/aromatic N) is 2. The molecule has 1 N–H and O–H groups in total. The standard InChI is InChI=1S/C33H41N3O4S/c1-25-14-13-21-31(26(25)2)36(41(39,40)30-19-11-6-12-20-30)24-32(37)35(23-22-28-15-7-4-8-16-28)27(3)33(38)34-29-17-9-5-10-18-29/h4,6-8,11-16,19-21,27,29H,5,9-10,17-18,22-24H2,1-3H3,(H,34,38). The number of benzene rings is 3. The van der Waals surface area contributed by atoms with Crippen LogP contribution in [0.3, 0.4) is 0 Å². The molecule has 0 spiro atoms. The molecule has 218 valence electrons. The van der Waals surface area contributed by atoms with E-state index in [1.54, 1.807) is 37.3 Å². The highest BCUT2D eigenvalue weighted by Gasteiger charge is 2.33. The SMILES string of the molecule is Cc1cccc(N(CC(=O)N(CCc2ccccc2)C(C)C(=O)NC2CCCCC2)S(=O)(=O)c2ccccc2)c1C. The molecule has 4 rings (SSSR count). The van der Waals surface area contributed by atoms with Crippen LogP contribution in [0.4, 0.5) is 5.69 Å². The Labute approximate surface area is 244 Å². The van der Waals surface area contributed by atoms with E-state index in [4.69, 9.17) is 0 Å². The summed E-state index contributed by atoms with van der Waals surface area (Å²) in [6, 6.07) is 22.7. The van der Waals surface area contributed by atoms with E-state index in [0.717, 1.165) is 42.4 Å². The van der Waals surface area contributed by atoms with E-state index < -0.39 is 28.5 Å². The van der Waals surface area contributed by atoms with Crippen molar-refractivity contribution in [2.45, 2.75) is 76.3 Å². The maximum Gasteiger partial charge on any atom is 0.264 e. The highest BCUT2D eigenvalue weighted by molar-refractivity contribution is 7.92. The first kappa shape index (κ1) is 30.3. The first-order chi connectivity index (χ1) is 19.7. The van der Waals surface area contributed by atoms with E-state index >= 15 is 0 Å². The molecule has 2 amide bonds. The second-order valence-corrected chi connectivity index (χ2v) is 12.7. The van der Waals surface area contributed by atoms with Gasteiger partial charge in [0, 0.05) is 12.6 Å². The summed E-state index contributed by atoms with van der Waals surface area (Å²) in [5, 5.41) is 3.15. The Morgan fingerprint density at radius 2 is 1.51 bits per heavy atom. The topological polar surface area (TPSA) is 86.8 Å². The molecule has 0 radical (unpaired) electrons. The number of nitrogens with one attached hydrogen (secondary N) is 1. The van der Waals surface area contributed by atoms with Crippen LogP contribution >= 0.6 is 0 Å². The van der Waals surface area contributed by atoms with Gasteiger partial charge in [0.05, 0.1) is 10.6 Å². The summed E-state index contributed by atoms with van der Waals surface area (Å²) in [5.74, 6) is -0.629. The summed E-state index contributed by atoms with van der Waals surface area (Å²) in [5.41, 5.74) is 3.18. The molecule has 1 unspecified atom stereocenters. The molecule has 8 heteroatoms. The number of hydrogen-bond acceptors (Lipinski definition) is 4. The summed E-state index contributed by atoms with van der Waals surface area (Å²) in [6.45, 7) is 5.37. The zero-order valence-electron chi connectivity index (χ0n) is 24.3. The first-order valence-corrected chi connectivity index (χ1v) is 15.9. The van der Waals surface area contributed by atoms with E-state index in [9.17, 15) is 18.0 Å². The van der Waals surface area contributed by atoms with Crippen LogP contribution in [0.1, 0.15) is 55.7 Å². The van der Waals surface area contributed by atoms with Crippen molar-refractivity contribution in [2.24, 2.45) is 0 Å². The number of amides is 2. The Hall–Kier alpha value is -3.65. The van der Waals surface area contributed by atoms with Gasteiger partial charge in [0.2, 0.25) is 11.8 Å². The van der Waals surface area contributed by atoms with Gasteiger partial charge in [-0.1, -0.05) is 79.9 Å². The van der Waals surface area contributed by atoms with Crippen molar-refractivity contribution in [2.75, 3.05) is 17.4 Å². The summed E-state index contributed by atoms with van der Waals surface area (Å²) < 4.78 is 29.1. The molecule has 1 aliphatic rings. The highest BCUT2D eigenvalue weighted by Crippen LogP contribution is 2.29. The summed E-state index contributed by atoms with van der Waals surface area (Å²) >= 11 is 0. The van der Waals surface area contributed by atoms with Crippen LogP contribution < -0.4 is 9.62 Å². The minimum Gasteiger partial charge on any atom is -0.352 e. The fraction of sp³-hybridized carbons (Fsp3) is 0.394. The molecule has 0 aliphatic heterocycles. The molecule has 1 aliphatic carbocycles. The van der Waals surface area contributed by atoms with Crippen molar-refractivity contribution in [3.8, 4) is 0 Å². The summed E-state index contributed by atoms with van der Waals surface area (Å²) in [6.07, 6.45) is 5.75. The van der Waals surface area contributed by atoms with Crippen molar-refractivity contribution in [1.82, 2.24) is 10.2 Å². The maximum atomic E-state index is 14.1. The quantitative estimate of drug-likeness (QED) is 0.331. The Bertz CT molecular complexity index is 1420. The lowest BCUT2D eigenvalue weighted by atomic mass is 9.95. The van der Waals surface area contributed by atoms with Crippen LogP contribution in [0.15, 0.2) is 83.8 Å². The fourth-order valence-corrected chi connectivity index (χ4v) is 6.87. The van der Waals surface area contributed by atoms with E-state index in [1.807, 2.05) is 50.2 Å². The minimum atomic E-state index is -4.07. The van der Waals surface area contributed by atoms with Gasteiger partial charge in [0.25, 0.3) is 10.0 Å². The first-order valence-electron chi connectivity index (χ1n) is 14.5. The average Bonchev–Trinajstić information content (AvgIpc) is 2.99. The van der Waals surface area contributed by atoms with Crippen molar-refractivity contribution in [3.63, 3.8) is 0 Å². The highest BCUT2D eigenvalue weighted by atomic mass is 32.2. The van der Waals surface area contributed by atoms with Crippen molar-refractivity contribution < 1.29 is 18.0 Å². The van der Waals surface area contributed by atoms with Gasteiger partial charge in [0.15, 0.2) is 0 Å². The molecular weight excluding hydrogens is 534 g/mol. The Morgan fingerprint density at radius 1 is 0.878 bits per heavy atom. The van der Waals surface area contributed by atoms with Crippen LogP contribution in [-0.2, 0) is 26.0 Å². The Morgan fingerprint density at radius 3 is 2.17 bits per heavy atom. The molecule has 7 nitrogen and oxygen atoms in total. The maximum absolute atomic E-state index is 14.1. The monoisotopic (exact) mass is 575 g/mol. The molecule has 1 atom stereocenters. The van der Waals surface area contributed by atoms with Gasteiger partial charge in [-0.05, 0) is 74.9 Å². The zero-order chi connectivity index (χ0) is 29.4. The van der Waals surface area contributed by atoms with E-state index in [1.165, 1.54) is 27.8 Å². The summed E-state index contributed by atoms with van der Waals surface area (Å²) in [7, 11) is -4.07. The van der Waals surface area contributed by atoms with Gasteiger partial charge in [0.1, 0.15) is 12.6 Å². The lowest BCUT2D eigenvalue weighted by Crippen LogP contribution is -2.53. The minimum absolute atomic E-state index is 0.104. The van der Waals surface area contributed by atoms with Crippen molar-refractivity contribution in [3.05, 3.63) is 95.6 Å². The third kappa shape index (κ3) is 7.55. The van der Waals surface area contributed by atoms with E-state index in [-0.39, 0.29) is 23.4 Å². The lowest BCUT2D eigenvalue weighted by Gasteiger charge is -2.33. The van der Waals surface area contributed by atoms with Gasteiger partial charge in [-0.15, -0.1) is 0 Å². The number of sulfonamides is 1. The fourth-order valence-electron chi connectivity index (χ4n) is 5.38. The molecular formula is C33H41N3O4S. The number of anilines is 1. The molecule has 1 fully saturated rings. The molecule has 0 heterocycles. The number of aryl methyl sites for hydroxylation is 1. The summed E-state index contributed by atoms with van der Waals surface area (Å²) in [4.78, 5) is 29.1. The number of carbonyl (C=O) groups excluding carboxylic acids is 2. The van der Waals surface area contributed by atoms with E-state index in [0.29, 0.717) is 12.1 Å². The number of rotatable bonds is 11. The van der Waals surface area contributed by atoms with Crippen LogP contribution in [-0.4, -0.2) is 50.3 Å². The smallest absolute Gasteiger partial charge is 0.264 e. The van der Waals surface area contributed by atoms with Gasteiger partial charge in [-0.25, -0.2) is 8.42 Å². The van der Waals surface area contributed by atoms with Crippen LogP contribution in [0.5, 0.6) is 0 Å². The van der Waals surface area contributed by atoms with Gasteiger partial charge < -0.3 is 10.2 Å². The predicted octanol–water partition coefficient (Wildman–Crippen LogP) is 5.41. The van der Waals surface area contributed by atoms with Crippen LogP contribution in [0.2, 0.25) is 0 Å². The number of carbonyl (C=O) groups is 2. The molecule has 0 aromatic heterocycles. The molecule has 1 saturated carbocycles. The second-order valence-electron chi connectivity index (χ2n) is 10.9. The predicted molar refractivity (Wildman–Crippen MR) is 163 cm³/mol.